The van der Waals surface area contributed by atoms with Crippen molar-refractivity contribution in [3.8, 4) is 0 Å². The van der Waals surface area contributed by atoms with Gasteiger partial charge in [-0.2, -0.15) is 10.2 Å². The average molecular weight is 179 g/mol. The molecular formula is C9H7ClN2. The Labute approximate surface area is 75.2 Å². The molecular weight excluding hydrogens is 172 g/mol. The zero-order chi connectivity index (χ0) is 8.55. The Morgan fingerprint density at radius 2 is 2.17 bits per heavy atom. The highest BCUT2D eigenvalue weighted by molar-refractivity contribution is 6.35. The minimum atomic E-state index is 0.656. The minimum Gasteiger partial charge on any atom is -0.157 e. The van der Waals surface area contributed by atoms with Crippen LogP contribution in [0.5, 0.6) is 0 Å². The summed E-state index contributed by atoms with van der Waals surface area (Å²) in [6.45, 7) is 1.99. The molecule has 0 bridgehead atoms. The van der Waals surface area contributed by atoms with E-state index in [4.69, 9.17) is 11.6 Å². The number of fused-ring (bicyclic) bond motifs is 1. The van der Waals surface area contributed by atoms with E-state index in [0.29, 0.717) is 5.02 Å². The van der Waals surface area contributed by atoms with Crippen molar-refractivity contribution >= 4 is 22.5 Å². The number of aryl methyl sites for hydroxylation is 1. The van der Waals surface area contributed by atoms with Crippen LogP contribution in [-0.2, 0) is 0 Å². The largest absolute Gasteiger partial charge is 0.157 e. The van der Waals surface area contributed by atoms with Crippen LogP contribution in [0.4, 0.5) is 0 Å². The Morgan fingerprint density at radius 1 is 1.33 bits per heavy atom. The minimum absolute atomic E-state index is 0.656. The first-order chi connectivity index (χ1) is 5.79. The molecule has 1 aromatic carbocycles. The normalized spacial score (nSPS) is 10.5. The van der Waals surface area contributed by atoms with E-state index < -0.39 is 0 Å². The molecule has 1 heterocycles. The van der Waals surface area contributed by atoms with Crippen LogP contribution in [0.25, 0.3) is 10.9 Å². The maximum absolute atomic E-state index is 5.93. The number of hydrogen-bond donors (Lipinski definition) is 0. The summed E-state index contributed by atoms with van der Waals surface area (Å²) in [6, 6.07) is 5.90. The predicted molar refractivity (Wildman–Crippen MR) is 49.3 cm³/mol. The molecule has 2 aromatic rings. The van der Waals surface area contributed by atoms with E-state index in [9.17, 15) is 0 Å². The van der Waals surface area contributed by atoms with Crippen LogP contribution < -0.4 is 0 Å². The molecule has 3 heteroatoms. The molecule has 60 valence electrons. The lowest BCUT2D eigenvalue weighted by atomic mass is 10.1. The second kappa shape index (κ2) is 2.72. The van der Waals surface area contributed by atoms with Gasteiger partial charge in [-0.1, -0.05) is 29.8 Å². The predicted octanol–water partition coefficient (Wildman–Crippen LogP) is 2.59. The van der Waals surface area contributed by atoms with Gasteiger partial charge in [0.25, 0.3) is 0 Å². The van der Waals surface area contributed by atoms with Gasteiger partial charge in [-0.25, -0.2) is 0 Å². The summed E-state index contributed by atoms with van der Waals surface area (Å²) in [7, 11) is 0. The maximum atomic E-state index is 5.93. The number of benzene rings is 1. The van der Waals surface area contributed by atoms with Crippen molar-refractivity contribution in [1.29, 1.82) is 0 Å². The lowest BCUT2D eigenvalue weighted by Crippen LogP contribution is -1.86. The summed E-state index contributed by atoms with van der Waals surface area (Å²) in [6.07, 6.45) is 1.56. The maximum Gasteiger partial charge on any atom is 0.0973 e. The second-order valence-electron chi connectivity index (χ2n) is 2.66. The van der Waals surface area contributed by atoms with Gasteiger partial charge in [-0.05, 0) is 12.5 Å². The third-order valence-corrected chi connectivity index (χ3v) is 2.13. The van der Waals surface area contributed by atoms with Crippen LogP contribution in [0.15, 0.2) is 24.4 Å². The van der Waals surface area contributed by atoms with Gasteiger partial charge in [0.05, 0.1) is 16.7 Å². The summed E-state index contributed by atoms with van der Waals surface area (Å²) >= 11 is 5.93. The molecule has 0 aliphatic rings. The van der Waals surface area contributed by atoms with Crippen molar-refractivity contribution in [3.05, 3.63) is 35.0 Å². The highest BCUT2D eigenvalue weighted by atomic mass is 35.5. The zero-order valence-corrected chi connectivity index (χ0v) is 7.34. The Kier molecular flexibility index (Phi) is 1.70. The molecule has 0 saturated carbocycles. The third-order valence-electron chi connectivity index (χ3n) is 1.82. The van der Waals surface area contributed by atoms with Crippen molar-refractivity contribution in [2.24, 2.45) is 0 Å². The van der Waals surface area contributed by atoms with Gasteiger partial charge < -0.3 is 0 Å². The molecule has 0 N–H and O–H groups in total. The van der Waals surface area contributed by atoms with Crippen LogP contribution in [0.1, 0.15) is 5.56 Å². The quantitative estimate of drug-likeness (QED) is 0.620. The highest BCUT2D eigenvalue weighted by Crippen LogP contribution is 2.21. The molecule has 0 fully saturated rings. The van der Waals surface area contributed by atoms with Gasteiger partial charge >= 0.3 is 0 Å². The van der Waals surface area contributed by atoms with E-state index in [0.717, 1.165) is 16.5 Å². The Bertz CT molecular complexity index is 385. The summed E-state index contributed by atoms with van der Waals surface area (Å²) in [5, 5.41) is 9.42. The van der Waals surface area contributed by atoms with Crippen LogP contribution in [0.2, 0.25) is 5.02 Å². The van der Waals surface area contributed by atoms with Crippen LogP contribution in [0.3, 0.4) is 0 Å². The van der Waals surface area contributed by atoms with Gasteiger partial charge in [-0.3, -0.25) is 0 Å². The first-order valence-electron chi connectivity index (χ1n) is 3.65. The molecule has 0 aliphatic carbocycles. The summed E-state index contributed by atoms with van der Waals surface area (Å²) < 4.78 is 0. The number of halogens is 1. The first kappa shape index (κ1) is 7.50. The summed E-state index contributed by atoms with van der Waals surface area (Å²) in [5.74, 6) is 0. The first-order valence-corrected chi connectivity index (χ1v) is 4.03. The molecule has 0 radical (unpaired) electrons. The molecule has 2 nitrogen and oxygen atoms in total. The molecule has 1 aromatic heterocycles. The molecule has 0 aliphatic heterocycles. The van der Waals surface area contributed by atoms with E-state index in [1.165, 1.54) is 0 Å². The number of nitrogens with zero attached hydrogens (tertiary/aromatic N) is 2. The molecule has 0 spiro atoms. The fraction of sp³-hybridized carbons (Fsp3) is 0.111. The van der Waals surface area contributed by atoms with Gasteiger partial charge in [0.2, 0.25) is 0 Å². The van der Waals surface area contributed by atoms with E-state index >= 15 is 0 Å². The fourth-order valence-corrected chi connectivity index (χ4v) is 1.39. The van der Waals surface area contributed by atoms with Crippen molar-refractivity contribution in [3.63, 3.8) is 0 Å². The van der Waals surface area contributed by atoms with Crippen LogP contribution in [-0.4, -0.2) is 10.2 Å². The van der Waals surface area contributed by atoms with Crippen LogP contribution in [0, 0.1) is 6.92 Å². The van der Waals surface area contributed by atoms with E-state index in [-0.39, 0.29) is 0 Å². The molecule has 0 atom stereocenters. The average Bonchev–Trinajstić information content (AvgIpc) is 2.07. The summed E-state index contributed by atoms with van der Waals surface area (Å²) in [4.78, 5) is 0. The van der Waals surface area contributed by atoms with Crippen molar-refractivity contribution in [2.45, 2.75) is 6.92 Å². The van der Waals surface area contributed by atoms with Gasteiger partial charge in [0, 0.05) is 5.39 Å². The Morgan fingerprint density at radius 3 is 2.92 bits per heavy atom. The lowest BCUT2D eigenvalue weighted by Gasteiger charge is -1.99. The third kappa shape index (κ3) is 1.04. The topological polar surface area (TPSA) is 25.8 Å². The van der Waals surface area contributed by atoms with Gasteiger partial charge in [0.15, 0.2) is 0 Å². The number of hydrogen-bond acceptors (Lipinski definition) is 2. The smallest absolute Gasteiger partial charge is 0.0973 e. The number of rotatable bonds is 0. The molecule has 0 unspecified atom stereocenters. The highest BCUT2D eigenvalue weighted by Gasteiger charge is 2.01. The van der Waals surface area contributed by atoms with E-state index in [1.54, 1.807) is 6.20 Å². The monoisotopic (exact) mass is 178 g/mol. The molecule has 0 saturated heterocycles. The zero-order valence-electron chi connectivity index (χ0n) is 6.58. The van der Waals surface area contributed by atoms with Crippen molar-refractivity contribution in [2.75, 3.05) is 0 Å². The fourth-order valence-electron chi connectivity index (χ4n) is 1.19. The molecule has 0 amide bonds. The van der Waals surface area contributed by atoms with Crippen molar-refractivity contribution in [1.82, 2.24) is 10.2 Å². The SMILES string of the molecule is Cc1cccc2c(Cl)cnnc12. The van der Waals surface area contributed by atoms with Gasteiger partial charge in [0.1, 0.15) is 0 Å². The molecule has 12 heavy (non-hydrogen) atoms. The lowest BCUT2D eigenvalue weighted by molar-refractivity contribution is 1.07. The van der Waals surface area contributed by atoms with E-state index in [1.807, 2.05) is 25.1 Å². The standard InChI is InChI=1S/C9H7ClN2/c1-6-3-2-4-7-8(10)5-11-12-9(6)7/h2-5H,1H3. The molecule has 2 rings (SSSR count). The van der Waals surface area contributed by atoms with E-state index in [2.05, 4.69) is 10.2 Å². The Hall–Kier alpha value is -1.15. The van der Waals surface area contributed by atoms with Crippen LogP contribution >= 0.6 is 11.6 Å². The summed E-state index contributed by atoms with van der Waals surface area (Å²) in [5.41, 5.74) is 1.98. The second-order valence-corrected chi connectivity index (χ2v) is 3.07. The van der Waals surface area contributed by atoms with Crippen molar-refractivity contribution < 1.29 is 0 Å². The Balaban J connectivity index is 2.94. The number of aromatic nitrogens is 2. The van der Waals surface area contributed by atoms with Gasteiger partial charge in [-0.15, -0.1) is 0 Å².